The summed E-state index contributed by atoms with van der Waals surface area (Å²) < 4.78 is 52.2. The van der Waals surface area contributed by atoms with Gasteiger partial charge in [0.25, 0.3) is 0 Å². The molecule has 0 fully saturated rings. The lowest BCUT2D eigenvalue weighted by Gasteiger charge is -2.26. The maximum atomic E-state index is 13.3. The number of hydrogen-bond donors (Lipinski definition) is 1. The van der Waals surface area contributed by atoms with E-state index in [-0.39, 0.29) is 5.33 Å². The van der Waals surface area contributed by atoms with E-state index in [9.17, 15) is 17.6 Å². The Kier molecular flexibility index (Phi) is 3.36. The van der Waals surface area contributed by atoms with Crippen LogP contribution in [0.25, 0.3) is 0 Å². The summed E-state index contributed by atoms with van der Waals surface area (Å²) in [4.78, 5) is 0. The molecule has 0 aromatic carbocycles. The molecule has 0 bridgehead atoms. The molecule has 0 aliphatic heterocycles. The van der Waals surface area contributed by atoms with Crippen molar-refractivity contribution in [1.29, 1.82) is 0 Å². The summed E-state index contributed by atoms with van der Waals surface area (Å²) in [5, 5.41) is 8.41. The van der Waals surface area contributed by atoms with Gasteiger partial charge in [0.2, 0.25) is 5.67 Å². The second-order valence-electron chi connectivity index (χ2n) is 2.90. The molecule has 0 heterocycles. The maximum Gasteiger partial charge on any atom is 0.237 e. The molecule has 80 valence electrons. The number of hydrogen-bond acceptors (Lipinski definition) is 1. The molecular formula is C8H7BrF4O. The van der Waals surface area contributed by atoms with Crippen LogP contribution in [-0.2, 0) is 0 Å². The summed E-state index contributed by atoms with van der Waals surface area (Å²) in [7, 11) is 0. The zero-order valence-corrected chi connectivity index (χ0v) is 8.49. The van der Waals surface area contributed by atoms with E-state index in [1.165, 1.54) is 0 Å². The Labute approximate surface area is 86.2 Å². The minimum Gasteiger partial charge on any atom is -0.392 e. The van der Waals surface area contributed by atoms with Gasteiger partial charge in [-0.15, -0.1) is 0 Å². The van der Waals surface area contributed by atoms with Crippen molar-refractivity contribution in [3.8, 4) is 0 Å². The molecular weight excluding hydrogens is 268 g/mol. The molecule has 1 N–H and O–H groups in total. The highest BCUT2D eigenvalue weighted by molar-refractivity contribution is 9.09. The van der Waals surface area contributed by atoms with Crippen LogP contribution in [0.1, 0.15) is 0 Å². The number of allylic oxidation sites excluding steroid dienone is 2. The maximum absolute atomic E-state index is 13.3. The van der Waals surface area contributed by atoms with E-state index < -0.39 is 35.7 Å². The first-order chi connectivity index (χ1) is 6.47. The lowest BCUT2D eigenvalue weighted by Crippen LogP contribution is -2.34. The first kappa shape index (κ1) is 11.7. The molecule has 0 saturated heterocycles. The molecule has 0 amide bonds. The Morgan fingerprint density at radius 2 is 2.00 bits per heavy atom. The molecule has 1 nitrogen and oxygen atoms in total. The molecule has 0 spiro atoms. The van der Waals surface area contributed by atoms with Crippen LogP contribution in [0, 0.1) is 5.92 Å². The van der Waals surface area contributed by atoms with Gasteiger partial charge in [-0.05, 0) is 6.08 Å². The highest BCUT2D eigenvalue weighted by Gasteiger charge is 2.46. The summed E-state index contributed by atoms with van der Waals surface area (Å²) in [6.45, 7) is -1.45. The average molecular weight is 275 g/mol. The van der Waals surface area contributed by atoms with E-state index in [0.29, 0.717) is 6.08 Å². The molecule has 0 radical (unpaired) electrons. The highest BCUT2D eigenvalue weighted by Crippen LogP contribution is 2.42. The lowest BCUT2D eigenvalue weighted by molar-refractivity contribution is 0.0834. The fraction of sp³-hybridized carbons (Fsp3) is 0.500. The zero-order chi connectivity index (χ0) is 10.9. The van der Waals surface area contributed by atoms with E-state index in [1.54, 1.807) is 0 Å². The smallest absolute Gasteiger partial charge is 0.237 e. The molecule has 6 heteroatoms. The lowest BCUT2D eigenvalue weighted by atomic mass is 9.92. The number of aliphatic hydroxyl groups is 1. The van der Waals surface area contributed by atoms with Crippen molar-refractivity contribution in [2.75, 3.05) is 11.9 Å². The van der Waals surface area contributed by atoms with Crippen LogP contribution in [0.4, 0.5) is 17.6 Å². The Balaban J connectivity index is 3.16. The Bertz CT molecular complexity index is 302. The van der Waals surface area contributed by atoms with Gasteiger partial charge in [0.15, 0.2) is 5.83 Å². The van der Waals surface area contributed by atoms with Crippen LogP contribution in [-0.4, -0.2) is 22.7 Å². The second-order valence-corrected chi connectivity index (χ2v) is 3.54. The van der Waals surface area contributed by atoms with Crippen LogP contribution < -0.4 is 0 Å². The van der Waals surface area contributed by atoms with Crippen molar-refractivity contribution in [1.82, 2.24) is 0 Å². The third kappa shape index (κ3) is 1.61. The van der Waals surface area contributed by atoms with E-state index in [1.807, 2.05) is 0 Å². The average Bonchev–Trinajstić information content (AvgIpc) is 2.20. The minimum atomic E-state index is -3.34. The Morgan fingerprint density at radius 3 is 2.43 bits per heavy atom. The number of alkyl halides is 2. The van der Waals surface area contributed by atoms with Crippen molar-refractivity contribution < 1.29 is 22.7 Å². The van der Waals surface area contributed by atoms with Gasteiger partial charge in [-0.25, -0.2) is 17.6 Å². The molecule has 2 unspecified atom stereocenters. The Morgan fingerprint density at radius 1 is 1.43 bits per heavy atom. The standard InChI is InChI=1S/C8H7BrF4O/c9-2-4-1-5(10)8(13,3-14)7(12)6(4)11/h1,4,14H,2-3H2. The summed E-state index contributed by atoms with van der Waals surface area (Å²) in [5.74, 6) is -5.93. The van der Waals surface area contributed by atoms with Gasteiger partial charge in [0, 0.05) is 11.2 Å². The molecule has 0 aromatic rings. The van der Waals surface area contributed by atoms with E-state index in [0.717, 1.165) is 0 Å². The number of aliphatic hydroxyl groups excluding tert-OH is 1. The van der Waals surface area contributed by atoms with Gasteiger partial charge >= 0.3 is 0 Å². The Hall–Kier alpha value is -0.360. The predicted octanol–water partition coefficient (Wildman–Crippen LogP) is 2.72. The minimum absolute atomic E-state index is 0.0544. The molecule has 1 aliphatic rings. The van der Waals surface area contributed by atoms with Crippen LogP contribution in [0.3, 0.4) is 0 Å². The van der Waals surface area contributed by atoms with E-state index >= 15 is 0 Å². The highest BCUT2D eigenvalue weighted by atomic mass is 79.9. The number of rotatable bonds is 2. The normalized spacial score (nSPS) is 33.3. The second kappa shape index (κ2) is 4.02. The monoisotopic (exact) mass is 274 g/mol. The van der Waals surface area contributed by atoms with Gasteiger partial charge in [0.05, 0.1) is 6.61 Å². The number of halogens is 5. The van der Waals surface area contributed by atoms with Crippen molar-refractivity contribution >= 4 is 15.9 Å². The van der Waals surface area contributed by atoms with Gasteiger partial charge in [-0.2, -0.15) is 0 Å². The molecule has 0 saturated carbocycles. The van der Waals surface area contributed by atoms with Gasteiger partial charge in [-0.1, -0.05) is 15.9 Å². The van der Waals surface area contributed by atoms with E-state index in [2.05, 4.69) is 15.9 Å². The largest absolute Gasteiger partial charge is 0.392 e. The van der Waals surface area contributed by atoms with Crippen molar-refractivity contribution in [3.63, 3.8) is 0 Å². The first-order valence-corrected chi connectivity index (χ1v) is 4.88. The van der Waals surface area contributed by atoms with Crippen LogP contribution in [0.15, 0.2) is 23.6 Å². The van der Waals surface area contributed by atoms with Gasteiger partial charge < -0.3 is 5.11 Å². The predicted molar refractivity (Wildman–Crippen MR) is 46.6 cm³/mol. The first-order valence-electron chi connectivity index (χ1n) is 3.76. The van der Waals surface area contributed by atoms with Gasteiger partial charge in [-0.3, -0.25) is 0 Å². The molecule has 0 aromatic heterocycles. The SMILES string of the molecule is OCC1(F)C(F)=CC(CBr)C(F)=C1F. The summed E-state index contributed by atoms with van der Waals surface area (Å²) >= 11 is 2.83. The summed E-state index contributed by atoms with van der Waals surface area (Å²) in [6, 6.07) is 0. The quantitative estimate of drug-likeness (QED) is 0.607. The molecule has 14 heavy (non-hydrogen) atoms. The summed E-state index contributed by atoms with van der Waals surface area (Å²) in [5.41, 5.74) is -3.34. The van der Waals surface area contributed by atoms with Crippen molar-refractivity contribution in [2.24, 2.45) is 5.92 Å². The summed E-state index contributed by atoms with van der Waals surface area (Å²) in [6.07, 6.45) is 0.614. The fourth-order valence-electron chi connectivity index (χ4n) is 1.10. The van der Waals surface area contributed by atoms with Crippen LogP contribution in [0.2, 0.25) is 0 Å². The third-order valence-electron chi connectivity index (χ3n) is 1.99. The third-order valence-corrected chi connectivity index (χ3v) is 2.69. The molecule has 1 aliphatic carbocycles. The van der Waals surface area contributed by atoms with Crippen molar-refractivity contribution in [3.05, 3.63) is 23.6 Å². The van der Waals surface area contributed by atoms with Crippen LogP contribution >= 0.6 is 15.9 Å². The fourth-order valence-corrected chi connectivity index (χ4v) is 1.57. The molecule has 2 atom stereocenters. The zero-order valence-electron chi connectivity index (χ0n) is 6.91. The molecule has 1 rings (SSSR count). The van der Waals surface area contributed by atoms with Crippen LogP contribution in [0.5, 0.6) is 0 Å². The van der Waals surface area contributed by atoms with Gasteiger partial charge in [0.1, 0.15) is 11.7 Å². The van der Waals surface area contributed by atoms with Crippen molar-refractivity contribution in [2.45, 2.75) is 5.67 Å². The van der Waals surface area contributed by atoms with E-state index in [4.69, 9.17) is 5.11 Å². The topological polar surface area (TPSA) is 20.2 Å².